The SMILES string of the molecule is CNc1cnc(-c2ccc(Cl)nc2)s1. The Labute approximate surface area is 90.8 Å². The molecule has 2 aromatic rings. The fourth-order valence-corrected chi connectivity index (χ4v) is 1.90. The first kappa shape index (κ1) is 9.43. The van der Waals surface area contributed by atoms with Crippen molar-refractivity contribution in [2.75, 3.05) is 12.4 Å². The van der Waals surface area contributed by atoms with Crippen LogP contribution in [-0.2, 0) is 0 Å². The molecule has 5 heteroatoms. The van der Waals surface area contributed by atoms with Crippen molar-refractivity contribution < 1.29 is 0 Å². The maximum absolute atomic E-state index is 5.69. The Balaban J connectivity index is 2.34. The van der Waals surface area contributed by atoms with Crippen molar-refractivity contribution in [2.45, 2.75) is 0 Å². The summed E-state index contributed by atoms with van der Waals surface area (Å²) in [4.78, 5) is 8.26. The zero-order chi connectivity index (χ0) is 9.97. The van der Waals surface area contributed by atoms with Crippen LogP contribution in [0.15, 0.2) is 24.5 Å². The zero-order valence-electron chi connectivity index (χ0n) is 7.49. The lowest BCUT2D eigenvalue weighted by Crippen LogP contribution is -1.80. The number of anilines is 1. The van der Waals surface area contributed by atoms with Crippen molar-refractivity contribution in [1.82, 2.24) is 9.97 Å². The number of nitrogens with zero attached hydrogens (tertiary/aromatic N) is 2. The Hall–Kier alpha value is -1.13. The van der Waals surface area contributed by atoms with E-state index in [1.165, 1.54) is 0 Å². The van der Waals surface area contributed by atoms with Gasteiger partial charge in [-0.25, -0.2) is 9.97 Å². The summed E-state index contributed by atoms with van der Waals surface area (Å²) in [5, 5.41) is 5.52. The first-order valence-corrected chi connectivity index (χ1v) is 5.24. The van der Waals surface area contributed by atoms with Crippen LogP contribution >= 0.6 is 22.9 Å². The Bertz CT molecular complexity index is 424. The van der Waals surface area contributed by atoms with Gasteiger partial charge in [-0.05, 0) is 12.1 Å². The van der Waals surface area contributed by atoms with E-state index in [1.54, 1.807) is 29.8 Å². The van der Waals surface area contributed by atoms with Crippen LogP contribution in [0.2, 0.25) is 5.15 Å². The molecule has 0 fully saturated rings. The van der Waals surface area contributed by atoms with Crippen LogP contribution in [0.3, 0.4) is 0 Å². The molecular formula is C9H8ClN3S. The van der Waals surface area contributed by atoms with E-state index in [-0.39, 0.29) is 0 Å². The molecule has 0 saturated carbocycles. The first-order chi connectivity index (χ1) is 6.79. The number of aromatic nitrogens is 2. The molecule has 0 atom stereocenters. The Kier molecular flexibility index (Phi) is 2.65. The normalized spacial score (nSPS) is 10.1. The predicted molar refractivity (Wildman–Crippen MR) is 59.9 cm³/mol. The summed E-state index contributed by atoms with van der Waals surface area (Å²) in [6, 6.07) is 3.67. The van der Waals surface area contributed by atoms with Crippen LogP contribution in [0.4, 0.5) is 5.00 Å². The third-order valence-electron chi connectivity index (χ3n) is 1.73. The third-order valence-corrected chi connectivity index (χ3v) is 3.01. The van der Waals surface area contributed by atoms with Gasteiger partial charge in [0.1, 0.15) is 15.2 Å². The summed E-state index contributed by atoms with van der Waals surface area (Å²) < 4.78 is 0. The van der Waals surface area contributed by atoms with Gasteiger partial charge in [0, 0.05) is 18.8 Å². The third kappa shape index (κ3) is 1.86. The highest BCUT2D eigenvalue weighted by molar-refractivity contribution is 7.18. The van der Waals surface area contributed by atoms with E-state index in [0.717, 1.165) is 15.6 Å². The van der Waals surface area contributed by atoms with Crippen LogP contribution < -0.4 is 5.32 Å². The van der Waals surface area contributed by atoms with E-state index in [4.69, 9.17) is 11.6 Å². The van der Waals surface area contributed by atoms with Gasteiger partial charge in [0.2, 0.25) is 0 Å². The summed E-state index contributed by atoms with van der Waals surface area (Å²) in [7, 11) is 1.87. The van der Waals surface area contributed by atoms with E-state index in [2.05, 4.69) is 15.3 Å². The molecule has 0 amide bonds. The van der Waals surface area contributed by atoms with E-state index in [1.807, 2.05) is 13.1 Å². The van der Waals surface area contributed by atoms with Crippen molar-refractivity contribution in [3.05, 3.63) is 29.7 Å². The average molecular weight is 226 g/mol. The fourth-order valence-electron chi connectivity index (χ4n) is 1.03. The molecule has 2 aromatic heterocycles. The Morgan fingerprint density at radius 2 is 2.14 bits per heavy atom. The summed E-state index contributed by atoms with van der Waals surface area (Å²) in [5.74, 6) is 0. The van der Waals surface area contributed by atoms with Crippen molar-refractivity contribution in [3.8, 4) is 10.6 Å². The molecule has 2 rings (SSSR count). The predicted octanol–water partition coefficient (Wildman–Crippen LogP) is 2.90. The second-order valence-corrected chi connectivity index (χ2v) is 4.07. The lowest BCUT2D eigenvalue weighted by atomic mass is 10.3. The largest absolute Gasteiger partial charge is 0.379 e. The summed E-state index contributed by atoms with van der Waals surface area (Å²) in [5.41, 5.74) is 0.987. The highest BCUT2D eigenvalue weighted by atomic mass is 35.5. The van der Waals surface area contributed by atoms with Gasteiger partial charge in [-0.3, -0.25) is 0 Å². The molecule has 0 spiro atoms. The van der Waals surface area contributed by atoms with Gasteiger partial charge in [0.15, 0.2) is 0 Å². The molecule has 14 heavy (non-hydrogen) atoms. The molecule has 2 heterocycles. The second kappa shape index (κ2) is 3.94. The molecule has 0 aromatic carbocycles. The number of pyridine rings is 1. The van der Waals surface area contributed by atoms with Gasteiger partial charge in [0.05, 0.1) is 6.20 Å². The smallest absolute Gasteiger partial charge is 0.129 e. The van der Waals surface area contributed by atoms with E-state index in [0.29, 0.717) is 5.15 Å². The number of hydrogen-bond acceptors (Lipinski definition) is 4. The lowest BCUT2D eigenvalue weighted by Gasteiger charge is -1.94. The van der Waals surface area contributed by atoms with Crippen molar-refractivity contribution >= 4 is 27.9 Å². The molecule has 0 aliphatic carbocycles. The fraction of sp³-hybridized carbons (Fsp3) is 0.111. The highest BCUT2D eigenvalue weighted by Gasteiger charge is 2.03. The molecule has 0 saturated heterocycles. The molecule has 1 N–H and O–H groups in total. The van der Waals surface area contributed by atoms with Gasteiger partial charge in [-0.15, -0.1) is 0 Å². The summed E-state index contributed by atoms with van der Waals surface area (Å²) in [6.45, 7) is 0. The average Bonchev–Trinajstić information content (AvgIpc) is 2.67. The molecule has 0 unspecified atom stereocenters. The van der Waals surface area contributed by atoms with Crippen LogP contribution in [0.1, 0.15) is 0 Å². The second-order valence-electron chi connectivity index (χ2n) is 2.65. The number of rotatable bonds is 2. The maximum atomic E-state index is 5.69. The van der Waals surface area contributed by atoms with Crippen molar-refractivity contribution in [2.24, 2.45) is 0 Å². The van der Waals surface area contributed by atoms with Crippen LogP contribution in [0.5, 0.6) is 0 Å². The lowest BCUT2D eigenvalue weighted by molar-refractivity contribution is 1.31. The number of thiazole rings is 1. The van der Waals surface area contributed by atoms with Crippen LogP contribution in [-0.4, -0.2) is 17.0 Å². The van der Waals surface area contributed by atoms with Crippen molar-refractivity contribution in [3.63, 3.8) is 0 Å². The number of halogens is 1. The van der Waals surface area contributed by atoms with Gasteiger partial charge >= 0.3 is 0 Å². The molecule has 72 valence electrons. The van der Waals surface area contributed by atoms with Crippen LogP contribution in [0, 0.1) is 0 Å². The standard InChI is InChI=1S/C9H8ClN3S/c1-11-8-5-13-9(14-8)6-2-3-7(10)12-4-6/h2-5,11H,1H3. The Morgan fingerprint density at radius 3 is 2.71 bits per heavy atom. The first-order valence-electron chi connectivity index (χ1n) is 4.05. The minimum atomic E-state index is 0.499. The number of hydrogen-bond donors (Lipinski definition) is 1. The van der Waals surface area contributed by atoms with Gasteiger partial charge < -0.3 is 5.32 Å². The molecule has 0 bridgehead atoms. The van der Waals surface area contributed by atoms with Crippen LogP contribution in [0.25, 0.3) is 10.6 Å². The van der Waals surface area contributed by atoms with Crippen molar-refractivity contribution in [1.29, 1.82) is 0 Å². The zero-order valence-corrected chi connectivity index (χ0v) is 9.06. The van der Waals surface area contributed by atoms with Gasteiger partial charge in [-0.1, -0.05) is 22.9 Å². The maximum Gasteiger partial charge on any atom is 0.129 e. The molecule has 0 radical (unpaired) electrons. The molecule has 0 aliphatic rings. The Morgan fingerprint density at radius 1 is 1.29 bits per heavy atom. The highest BCUT2D eigenvalue weighted by Crippen LogP contribution is 2.27. The van der Waals surface area contributed by atoms with E-state index >= 15 is 0 Å². The minimum Gasteiger partial charge on any atom is -0.379 e. The van der Waals surface area contributed by atoms with Gasteiger partial charge in [-0.2, -0.15) is 0 Å². The molecule has 0 aliphatic heterocycles. The quantitative estimate of drug-likeness (QED) is 0.799. The van der Waals surface area contributed by atoms with E-state index in [9.17, 15) is 0 Å². The summed E-state index contributed by atoms with van der Waals surface area (Å²) >= 11 is 7.28. The number of nitrogens with one attached hydrogen (secondary N) is 1. The summed E-state index contributed by atoms with van der Waals surface area (Å²) in [6.07, 6.45) is 3.52. The minimum absolute atomic E-state index is 0.499. The monoisotopic (exact) mass is 225 g/mol. The molecule has 3 nitrogen and oxygen atoms in total. The topological polar surface area (TPSA) is 37.8 Å². The van der Waals surface area contributed by atoms with Gasteiger partial charge in [0.25, 0.3) is 0 Å². The van der Waals surface area contributed by atoms with E-state index < -0.39 is 0 Å². The molecular weight excluding hydrogens is 218 g/mol.